The number of anilines is 1. The van der Waals surface area contributed by atoms with Crippen LogP contribution in [-0.2, 0) is 5.41 Å². The summed E-state index contributed by atoms with van der Waals surface area (Å²) in [5, 5.41) is 10.8. The number of benzene rings is 1. The molecule has 2 heterocycles. The summed E-state index contributed by atoms with van der Waals surface area (Å²) in [4.78, 5) is 16.7. The second kappa shape index (κ2) is 5.26. The summed E-state index contributed by atoms with van der Waals surface area (Å²) in [5.74, 6) is -0.233. The molecular formula is C17H18N4O. The molecule has 2 N–H and O–H groups in total. The number of carbonyl (C=O) groups is 1. The summed E-state index contributed by atoms with van der Waals surface area (Å²) in [6.45, 7) is 6.20. The van der Waals surface area contributed by atoms with Crippen LogP contribution in [-0.4, -0.2) is 21.1 Å². The summed E-state index contributed by atoms with van der Waals surface area (Å²) >= 11 is 0. The van der Waals surface area contributed by atoms with Gasteiger partial charge in [-0.2, -0.15) is 5.10 Å². The van der Waals surface area contributed by atoms with E-state index in [9.17, 15) is 4.79 Å². The Morgan fingerprint density at radius 1 is 1.18 bits per heavy atom. The van der Waals surface area contributed by atoms with Gasteiger partial charge in [0.25, 0.3) is 5.91 Å². The largest absolute Gasteiger partial charge is 0.320 e. The summed E-state index contributed by atoms with van der Waals surface area (Å²) in [7, 11) is 0. The minimum atomic E-state index is -0.233. The zero-order valence-corrected chi connectivity index (χ0v) is 12.8. The molecule has 1 amide bonds. The van der Waals surface area contributed by atoms with E-state index in [2.05, 4.69) is 41.3 Å². The molecule has 0 aliphatic rings. The number of nitrogens with one attached hydrogen (secondary N) is 2. The molecule has 0 aliphatic carbocycles. The third-order valence-electron chi connectivity index (χ3n) is 3.51. The number of fused-ring (bicyclic) bond motifs is 1. The fourth-order valence-electron chi connectivity index (χ4n) is 2.22. The van der Waals surface area contributed by atoms with Gasteiger partial charge in [0.2, 0.25) is 0 Å². The highest BCUT2D eigenvalue weighted by Gasteiger charge is 2.19. The normalized spacial score (nSPS) is 11.6. The summed E-state index contributed by atoms with van der Waals surface area (Å²) in [5.41, 5.74) is 2.81. The Morgan fingerprint density at radius 3 is 2.73 bits per heavy atom. The number of nitrogens with zero attached hydrogens (tertiary/aromatic N) is 2. The first-order valence-corrected chi connectivity index (χ1v) is 7.16. The molecule has 0 spiro atoms. The van der Waals surface area contributed by atoms with E-state index in [0.717, 1.165) is 22.3 Å². The molecule has 3 aromatic rings. The average molecular weight is 294 g/mol. The lowest BCUT2D eigenvalue weighted by atomic mass is 9.92. The number of hydrogen-bond donors (Lipinski definition) is 2. The highest BCUT2D eigenvalue weighted by molar-refractivity contribution is 6.07. The fourth-order valence-corrected chi connectivity index (χ4v) is 2.22. The van der Waals surface area contributed by atoms with Crippen LogP contribution in [0.4, 0.5) is 5.69 Å². The van der Waals surface area contributed by atoms with Gasteiger partial charge in [-0.25, -0.2) is 0 Å². The maximum Gasteiger partial charge on any atom is 0.276 e. The predicted octanol–water partition coefficient (Wildman–Crippen LogP) is 3.51. The summed E-state index contributed by atoms with van der Waals surface area (Å²) in [6, 6.07) is 11.2. The molecule has 0 unspecified atom stereocenters. The molecule has 2 aromatic heterocycles. The minimum Gasteiger partial charge on any atom is -0.320 e. The third-order valence-corrected chi connectivity index (χ3v) is 3.51. The Morgan fingerprint density at radius 2 is 2.00 bits per heavy atom. The first kappa shape index (κ1) is 14.3. The first-order valence-electron chi connectivity index (χ1n) is 7.16. The van der Waals surface area contributed by atoms with Crippen LogP contribution in [0.2, 0.25) is 0 Å². The van der Waals surface area contributed by atoms with Crippen molar-refractivity contribution in [3.8, 4) is 0 Å². The van der Waals surface area contributed by atoms with E-state index in [1.165, 1.54) is 0 Å². The van der Waals surface area contributed by atoms with Gasteiger partial charge < -0.3 is 5.32 Å². The van der Waals surface area contributed by atoms with Crippen molar-refractivity contribution in [2.24, 2.45) is 0 Å². The number of amides is 1. The van der Waals surface area contributed by atoms with E-state index in [-0.39, 0.29) is 11.3 Å². The van der Waals surface area contributed by atoms with Gasteiger partial charge in [0.1, 0.15) is 0 Å². The average Bonchev–Trinajstić information content (AvgIpc) is 2.98. The van der Waals surface area contributed by atoms with Crippen molar-refractivity contribution < 1.29 is 4.79 Å². The van der Waals surface area contributed by atoms with Crippen molar-refractivity contribution in [2.45, 2.75) is 26.2 Å². The predicted molar refractivity (Wildman–Crippen MR) is 87.0 cm³/mol. The van der Waals surface area contributed by atoms with Gasteiger partial charge >= 0.3 is 0 Å². The maximum absolute atomic E-state index is 12.4. The summed E-state index contributed by atoms with van der Waals surface area (Å²) in [6.07, 6.45) is 1.73. The highest BCUT2D eigenvalue weighted by Crippen LogP contribution is 2.23. The number of pyridine rings is 1. The van der Waals surface area contributed by atoms with Gasteiger partial charge in [0.15, 0.2) is 5.69 Å². The van der Waals surface area contributed by atoms with Crippen molar-refractivity contribution in [1.82, 2.24) is 15.2 Å². The lowest BCUT2D eigenvalue weighted by Crippen LogP contribution is -2.13. The Labute approximate surface area is 128 Å². The molecule has 0 bridgehead atoms. The molecule has 112 valence electrons. The van der Waals surface area contributed by atoms with Gasteiger partial charge in [-0.15, -0.1) is 0 Å². The Hall–Kier alpha value is -2.69. The Bertz CT molecular complexity index is 825. The zero-order chi connectivity index (χ0) is 15.7. The highest BCUT2D eigenvalue weighted by atomic mass is 16.1. The number of aromatic nitrogens is 3. The molecule has 1 aromatic carbocycles. The van der Waals surface area contributed by atoms with Crippen molar-refractivity contribution in [1.29, 1.82) is 0 Å². The number of H-pyrrole nitrogens is 1. The molecular weight excluding hydrogens is 276 g/mol. The molecule has 0 saturated carbocycles. The first-order chi connectivity index (χ1) is 10.4. The molecule has 5 nitrogen and oxygen atoms in total. The number of hydrogen-bond acceptors (Lipinski definition) is 3. The van der Waals surface area contributed by atoms with E-state index in [4.69, 9.17) is 0 Å². The Kier molecular flexibility index (Phi) is 3.41. The smallest absolute Gasteiger partial charge is 0.276 e. The number of carbonyl (C=O) groups excluding carboxylic acids is 1. The molecule has 0 fully saturated rings. The van der Waals surface area contributed by atoms with Crippen LogP contribution < -0.4 is 5.32 Å². The standard InChI is InChI=1S/C17H18N4O/c1-17(2,3)15-10-14(20-21-15)16(22)19-13-8-4-7-12-11(13)6-5-9-18-12/h4-10H,1-3H3,(H,19,22)(H,20,21). The van der Waals surface area contributed by atoms with Crippen LogP contribution in [0, 0.1) is 0 Å². The van der Waals surface area contributed by atoms with Crippen molar-refractivity contribution in [2.75, 3.05) is 5.32 Å². The molecule has 3 rings (SSSR count). The minimum absolute atomic E-state index is 0.0745. The fraction of sp³-hybridized carbons (Fsp3) is 0.235. The SMILES string of the molecule is CC(C)(C)c1cc(C(=O)Nc2cccc3ncccc23)n[nH]1. The molecule has 5 heteroatoms. The quantitative estimate of drug-likeness (QED) is 0.760. The lowest BCUT2D eigenvalue weighted by Gasteiger charge is -2.14. The van der Waals surface area contributed by atoms with E-state index < -0.39 is 0 Å². The van der Waals surface area contributed by atoms with Crippen LogP contribution in [0.25, 0.3) is 10.9 Å². The van der Waals surface area contributed by atoms with Crippen LogP contribution in [0.1, 0.15) is 37.0 Å². The summed E-state index contributed by atoms with van der Waals surface area (Å²) < 4.78 is 0. The van der Waals surface area contributed by atoms with Crippen LogP contribution in [0.15, 0.2) is 42.6 Å². The molecule has 22 heavy (non-hydrogen) atoms. The van der Waals surface area contributed by atoms with Crippen molar-refractivity contribution in [3.63, 3.8) is 0 Å². The topological polar surface area (TPSA) is 70.7 Å². The van der Waals surface area contributed by atoms with E-state index in [1.54, 1.807) is 12.3 Å². The monoisotopic (exact) mass is 294 g/mol. The van der Waals surface area contributed by atoms with E-state index in [0.29, 0.717) is 5.69 Å². The number of aromatic amines is 1. The van der Waals surface area contributed by atoms with Crippen molar-refractivity contribution >= 4 is 22.5 Å². The Balaban J connectivity index is 1.89. The van der Waals surface area contributed by atoms with Gasteiger partial charge in [-0.3, -0.25) is 14.9 Å². The van der Waals surface area contributed by atoms with E-state index >= 15 is 0 Å². The van der Waals surface area contributed by atoms with Crippen molar-refractivity contribution in [3.05, 3.63) is 54.0 Å². The van der Waals surface area contributed by atoms with Crippen LogP contribution >= 0.6 is 0 Å². The van der Waals surface area contributed by atoms with E-state index in [1.807, 2.05) is 30.3 Å². The van der Waals surface area contributed by atoms with Crippen LogP contribution in [0.5, 0.6) is 0 Å². The molecule has 0 atom stereocenters. The maximum atomic E-state index is 12.4. The van der Waals surface area contributed by atoms with Gasteiger partial charge in [0.05, 0.1) is 11.2 Å². The third kappa shape index (κ3) is 2.70. The molecule has 0 aliphatic heterocycles. The van der Waals surface area contributed by atoms with Crippen LogP contribution in [0.3, 0.4) is 0 Å². The lowest BCUT2D eigenvalue weighted by molar-refractivity contribution is 0.102. The number of rotatable bonds is 2. The van der Waals surface area contributed by atoms with Gasteiger partial charge in [-0.1, -0.05) is 26.8 Å². The molecule has 0 radical (unpaired) electrons. The second-order valence-corrected chi connectivity index (χ2v) is 6.25. The zero-order valence-electron chi connectivity index (χ0n) is 12.8. The van der Waals surface area contributed by atoms with Gasteiger partial charge in [0, 0.05) is 22.7 Å². The van der Waals surface area contributed by atoms with Gasteiger partial charge in [-0.05, 0) is 30.3 Å². The second-order valence-electron chi connectivity index (χ2n) is 6.25. The molecule has 0 saturated heterocycles.